The molecule has 1 unspecified atom stereocenters. The Labute approximate surface area is 107 Å². The molecule has 0 bridgehead atoms. The zero-order valence-electron chi connectivity index (χ0n) is 11.1. The number of anilines is 1. The molecule has 96 valence electrons. The van der Waals surface area contributed by atoms with E-state index in [1.165, 1.54) is 0 Å². The van der Waals surface area contributed by atoms with Crippen molar-refractivity contribution in [1.29, 1.82) is 0 Å². The second-order valence-electron chi connectivity index (χ2n) is 4.63. The first kappa shape index (κ1) is 12.6. The molecular weight excluding hydrogens is 226 g/mol. The van der Waals surface area contributed by atoms with E-state index in [1.54, 1.807) is 16.7 Å². The molecule has 0 saturated heterocycles. The third-order valence-corrected chi connectivity index (χ3v) is 3.29. The van der Waals surface area contributed by atoms with Gasteiger partial charge in [-0.1, -0.05) is 19.4 Å². The average molecular weight is 245 g/mol. The van der Waals surface area contributed by atoms with Gasteiger partial charge in [0.25, 0.3) is 5.56 Å². The van der Waals surface area contributed by atoms with Crippen molar-refractivity contribution in [3.63, 3.8) is 0 Å². The van der Waals surface area contributed by atoms with Crippen LogP contribution in [0, 0.1) is 0 Å². The van der Waals surface area contributed by atoms with Crippen LogP contribution >= 0.6 is 0 Å². The maximum Gasteiger partial charge on any atom is 0.259 e. The van der Waals surface area contributed by atoms with Gasteiger partial charge in [0.15, 0.2) is 0 Å². The zero-order chi connectivity index (χ0) is 13.1. The number of rotatable bonds is 4. The molecule has 4 nitrogen and oxygen atoms in total. The molecule has 0 N–H and O–H groups in total. The Balaban J connectivity index is 2.43. The topological polar surface area (TPSA) is 37.6 Å². The number of hydrogen-bond donors (Lipinski definition) is 0. The standard InChI is InChI=1S/C14H19N3O/c1-4-7-11(2)16(3)13-10-14(18)17-9-6-5-8-12(17)15-13/h5-6,8-11H,4,7H2,1-3H3. The van der Waals surface area contributed by atoms with Gasteiger partial charge >= 0.3 is 0 Å². The minimum Gasteiger partial charge on any atom is -0.357 e. The van der Waals surface area contributed by atoms with Crippen molar-refractivity contribution in [3.8, 4) is 0 Å². The highest BCUT2D eigenvalue weighted by Crippen LogP contribution is 2.13. The highest BCUT2D eigenvalue weighted by atomic mass is 16.1. The maximum absolute atomic E-state index is 12.0. The number of fused-ring (bicyclic) bond motifs is 1. The van der Waals surface area contributed by atoms with Gasteiger partial charge in [-0.05, 0) is 25.5 Å². The van der Waals surface area contributed by atoms with Crippen LogP contribution in [0.2, 0.25) is 0 Å². The van der Waals surface area contributed by atoms with Crippen LogP contribution in [0.25, 0.3) is 5.65 Å². The Bertz CT molecular complexity index is 591. The van der Waals surface area contributed by atoms with Gasteiger partial charge in [-0.15, -0.1) is 0 Å². The Morgan fingerprint density at radius 2 is 2.22 bits per heavy atom. The fraction of sp³-hybridized carbons (Fsp3) is 0.429. The smallest absolute Gasteiger partial charge is 0.259 e. The number of aromatic nitrogens is 2. The van der Waals surface area contributed by atoms with Crippen molar-refractivity contribution in [2.24, 2.45) is 0 Å². The van der Waals surface area contributed by atoms with Crippen LogP contribution in [-0.2, 0) is 0 Å². The number of hydrogen-bond acceptors (Lipinski definition) is 3. The largest absolute Gasteiger partial charge is 0.357 e. The highest BCUT2D eigenvalue weighted by Gasteiger charge is 2.12. The van der Waals surface area contributed by atoms with Crippen molar-refractivity contribution in [3.05, 3.63) is 40.8 Å². The molecule has 4 heteroatoms. The van der Waals surface area contributed by atoms with Crippen molar-refractivity contribution in [1.82, 2.24) is 9.38 Å². The van der Waals surface area contributed by atoms with Gasteiger partial charge in [0.05, 0.1) is 0 Å². The van der Waals surface area contributed by atoms with E-state index in [1.807, 2.05) is 25.2 Å². The lowest BCUT2D eigenvalue weighted by Crippen LogP contribution is -2.31. The SMILES string of the molecule is CCCC(C)N(C)c1cc(=O)n2ccccc2n1. The summed E-state index contributed by atoms with van der Waals surface area (Å²) in [6.07, 6.45) is 3.95. The van der Waals surface area contributed by atoms with Gasteiger partial charge in [-0.2, -0.15) is 0 Å². The molecule has 2 heterocycles. The van der Waals surface area contributed by atoms with Gasteiger partial charge in [0.2, 0.25) is 0 Å². The second-order valence-corrected chi connectivity index (χ2v) is 4.63. The first-order valence-electron chi connectivity index (χ1n) is 6.34. The third kappa shape index (κ3) is 2.37. The molecule has 18 heavy (non-hydrogen) atoms. The molecule has 2 aromatic heterocycles. The molecule has 0 saturated carbocycles. The quantitative estimate of drug-likeness (QED) is 0.829. The molecule has 0 amide bonds. The van der Waals surface area contributed by atoms with Gasteiger partial charge in [-0.3, -0.25) is 9.20 Å². The van der Waals surface area contributed by atoms with Crippen LogP contribution < -0.4 is 10.5 Å². The molecule has 0 aromatic carbocycles. The van der Waals surface area contributed by atoms with E-state index < -0.39 is 0 Å². The first-order valence-corrected chi connectivity index (χ1v) is 6.34. The van der Waals surface area contributed by atoms with Crippen LogP contribution in [0.1, 0.15) is 26.7 Å². The van der Waals surface area contributed by atoms with E-state index in [0.717, 1.165) is 18.7 Å². The van der Waals surface area contributed by atoms with Crippen LogP contribution in [0.15, 0.2) is 35.3 Å². The van der Waals surface area contributed by atoms with E-state index in [2.05, 4.69) is 23.7 Å². The van der Waals surface area contributed by atoms with E-state index in [-0.39, 0.29) is 5.56 Å². The maximum atomic E-state index is 12.0. The highest BCUT2D eigenvalue weighted by molar-refractivity contribution is 5.48. The molecule has 2 rings (SSSR count). The Hall–Kier alpha value is -1.84. The summed E-state index contributed by atoms with van der Waals surface area (Å²) in [6.45, 7) is 4.31. The van der Waals surface area contributed by atoms with Crippen LogP contribution in [-0.4, -0.2) is 22.5 Å². The molecule has 0 radical (unpaired) electrons. The molecule has 0 fully saturated rings. The fourth-order valence-electron chi connectivity index (χ4n) is 2.06. The van der Waals surface area contributed by atoms with Crippen molar-refractivity contribution < 1.29 is 0 Å². The molecular formula is C14H19N3O. The van der Waals surface area contributed by atoms with Crippen LogP contribution in [0.5, 0.6) is 0 Å². The summed E-state index contributed by atoms with van der Waals surface area (Å²) in [4.78, 5) is 18.6. The van der Waals surface area contributed by atoms with E-state index in [0.29, 0.717) is 11.7 Å². The van der Waals surface area contributed by atoms with Crippen molar-refractivity contribution >= 4 is 11.5 Å². The summed E-state index contributed by atoms with van der Waals surface area (Å²) in [6, 6.07) is 7.55. The van der Waals surface area contributed by atoms with Gasteiger partial charge in [0, 0.05) is 25.4 Å². The Kier molecular flexibility index (Phi) is 3.65. The summed E-state index contributed by atoms with van der Waals surface area (Å²) < 4.78 is 1.56. The summed E-state index contributed by atoms with van der Waals surface area (Å²) in [5.74, 6) is 0.743. The molecule has 0 spiro atoms. The lowest BCUT2D eigenvalue weighted by Gasteiger charge is -2.25. The van der Waals surface area contributed by atoms with Crippen molar-refractivity contribution in [2.75, 3.05) is 11.9 Å². The third-order valence-electron chi connectivity index (χ3n) is 3.29. The summed E-state index contributed by atoms with van der Waals surface area (Å²) in [7, 11) is 1.99. The summed E-state index contributed by atoms with van der Waals surface area (Å²) in [5.41, 5.74) is 0.654. The number of nitrogens with zero attached hydrogens (tertiary/aromatic N) is 3. The van der Waals surface area contributed by atoms with E-state index in [4.69, 9.17) is 0 Å². The van der Waals surface area contributed by atoms with E-state index >= 15 is 0 Å². The lowest BCUT2D eigenvalue weighted by molar-refractivity contribution is 0.611. The van der Waals surface area contributed by atoms with Crippen LogP contribution in [0.4, 0.5) is 5.82 Å². The summed E-state index contributed by atoms with van der Waals surface area (Å²) >= 11 is 0. The summed E-state index contributed by atoms with van der Waals surface area (Å²) in [5, 5.41) is 0. The lowest BCUT2D eigenvalue weighted by atomic mass is 10.2. The number of pyridine rings is 1. The second kappa shape index (κ2) is 5.21. The Morgan fingerprint density at radius 3 is 2.94 bits per heavy atom. The van der Waals surface area contributed by atoms with Gasteiger partial charge in [-0.25, -0.2) is 4.98 Å². The molecule has 0 aliphatic carbocycles. The average Bonchev–Trinajstić information content (AvgIpc) is 2.38. The Morgan fingerprint density at radius 1 is 1.44 bits per heavy atom. The molecule has 2 aromatic rings. The fourth-order valence-corrected chi connectivity index (χ4v) is 2.06. The van der Waals surface area contributed by atoms with Crippen molar-refractivity contribution in [2.45, 2.75) is 32.7 Å². The zero-order valence-corrected chi connectivity index (χ0v) is 11.1. The monoisotopic (exact) mass is 245 g/mol. The first-order chi connectivity index (χ1) is 8.63. The molecule has 0 aliphatic rings. The molecule has 0 aliphatic heterocycles. The van der Waals surface area contributed by atoms with Gasteiger partial charge in [0.1, 0.15) is 11.5 Å². The normalized spacial score (nSPS) is 12.6. The van der Waals surface area contributed by atoms with E-state index in [9.17, 15) is 4.79 Å². The molecule has 1 atom stereocenters. The minimum absolute atomic E-state index is 0.0360. The van der Waals surface area contributed by atoms with Crippen LogP contribution in [0.3, 0.4) is 0 Å². The predicted molar refractivity (Wildman–Crippen MR) is 74.2 cm³/mol. The minimum atomic E-state index is -0.0360. The predicted octanol–water partition coefficient (Wildman–Crippen LogP) is 2.32. The van der Waals surface area contributed by atoms with Gasteiger partial charge < -0.3 is 4.90 Å².